The number of carbonyl (C=O) groups is 1. The van der Waals surface area contributed by atoms with Crippen molar-refractivity contribution in [1.82, 2.24) is 19.7 Å². The lowest BCUT2D eigenvalue weighted by molar-refractivity contribution is -0.126. The average molecular weight is 504 g/mol. The second kappa shape index (κ2) is 9.78. The molecule has 0 saturated carbocycles. The van der Waals surface area contributed by atoms with E-state index in [4.69, 9.17) is 10.5 Å². The Morgan fingerprint density at radius 3 is 2.62 bits per heavy atom. The minimum Gasteiger partial charge on any atom is -0.451 e. The van der Waals surface area contributed by atoms with Gasteiger partial charge in [-0.05, 0) is 67.6 Å². The number of aromatic nitrogens is 3. The Balaban J connectivity index is 1.53. The molecule has 3 N–H and O–H groups in total. The highest BCUT2D eigenvalue weighted by atomic mass is 19.1. The number of H-pyrrole nitrogens is 1. The molecule has 4 aromatic rings. The number of likely N-dealkylation sites (tertiary alicyclic amines) is 1. The van der Waals surface area contributed by atoms with E-state index in [1.165, 1.54) is 6.07 Å². The number of aromatic amines is 1. The van der Waals surface area contributed by atoms with Gasteiger partial charge in [-0.1, -0.05) is 12.0 Å². The minimum atomic E-state index is -0.812. The molecule has 0 radical (unpaired) electrons. The summed E-state index contributed by atoms with van der Waals surface area (Å²) >= 11 is 0. The van der Waals surface area contributed by atoms with Crippen molar-refractivity contribution in [3.8, 4) is 29.0 Å². The number of carbonyl (C=O) groups excluding carboxylic acids is 1. The van der Waals surface area contributed by atoms with Gasteiger partial charge in [-0.15, -0.1) is 0 Å². The van der Waals surface area contributed by atoms with E-state index in [1.807, 2.05) is 6.20 Å². The summed E-state index contributed by atoms with van der Waals surface area (Å²) in [6, 6.07) is 9.98. The normalized spacial score (nSPS) is 15.3. The molecule has 10 heteroatoms. The summed E-state index contributed by atoms with van der Waals surface area (Å²) < 4.78 is 35.1. The highest BCUT2D eigenvalue weighted by Gasteiger charge is 2.28. The number of nitrogens with zero attached hydrogens (tertiary/aromatic N) is 3. The van der Waals surface area contributed by atoms with E-state index < -0.39 is 17.4 Å². The molecule has 1 aliphatic heterocycles. The van der Waals surface area contributed by atoms with Crippen LogP contribution in [0, 0.1) is 23.5 Å². The Labute approximate surface area is 210 Å². The molecule has 8 nitrogen and oxygen atoms in total. The predicted octanol–water partition coefficient (Wildman–Crippen LogP) is 4.10. The number of rotatable bonds is 4. The molecular formula is C27H23F2N5O3. The molecule has 1 atom stereocenters. The Kier molecular flexibility index (Phi) is 6.36. The molecule has 2 aromatic carbocycles. The van der Waals surface area contributed by atoms with Gasteiger partial charge in [-0.3, -0.25) is 9.59 Å². The minimum absolute atomic E-state index is 0.102. The first-order valence-corrected chi connectivity index (χ1v) is 11.7. The van der Waals surface area contributed by atoms with E-state index >= 15 is 0 Å². The second-order valence-corrected chi connectivity index (χ2v) is 8.73. The third-order valence-corrected chi connectivity index (χ3v) is 6.42. The number of amides is 1. The summed E-state index contributed by atoms with van der Waals surface area (Å²) in [4.78, 5) is 27.0. The Hall–Kier alpha value is -4.65. The Bertz CT molecular complexity index is 1600. The lowest BCUT2D eigenvalue weighted by Gasteiger charge is -2.31. The molecule has 1 fully saturated rings. The van der Waals surface area contributed by atoms with Crippen LogP contribution < -0.4 is 16.0 Å². The summed E-state index contributed by atoms with van der Waals surface area (Å²) in [5.41, 5.74) is 7.63. The smallest absolute Gasteiger partial charge is 0.298 e. The molecule has 3 heterocycles. The molecule has 1 amide bonds. The molecule has 0 bridgehead atoms. The standard InChI is InChI=1S/C27H23F2N5O3/c1-2-5-22(35)33-13-4-6-16(14-33)19-15-34(24-23(19)27(36)32-31-26(24)30)17-9-11-18(12-10-17)37-25-20(28)7-3-8-21(25)29/h3,7-12,15-16H,4,6,13-14H2,1H3,(H2,30,31)(H,32,36). The number of hydrogen-bond acceptors (Lipinski definition) is 5. The summed E-state index contributed by atoms with van der Waals surface area (Å²) in [6.07, 6.45) is 3.38. The third kappa shape index (κ3) is 4.51. The van der Waals surface area contributed by atoms with Gasteiger partial charge in [0.05, 0.1) is 5.39 Å². The Morgan fingerprint density at radius 2 is 1.92 bits per heavy atom. The Morgan fingerprint density at radius 1 is 1.19 bits per heavy atom. The number of piperidine rings is 1. The number of hydrogen-bond donors (Lipinski definition) is 2. The summed E-state index contributed by atoms with van der Waals surface area (Å²) in [5, 5.41) is 6.80. The van der Waals surface area contributed by atoms with Crippen LogP contribution in [0.15, 0.2) is 53.5 Å². The van der Waals surface area contributed by atoms with E-state index in [0.29, 0.717) is 29.7 Å². The molecule has 5 rings (SSSR count). The summed E-state index contributed by atoms with van der Waals surface area (Å²) in [6.45, 7) is 2.65. The van der Waals surface area contributed by atoms with E-state index in [0.717, 1.165) is 30.5 Å². The second-order valence-electron chi connectivity index (χ2n) is 8.73. The van der Waals surface area contributed by atoms with Crippen molar-refractivity contribution in [2.24, 2.45) is 0 Å². The van der Waals surface area contributed by atoms with E-state index in [-0.39, 0.29) is 29.0 Å². The number of para-hydroxylation sites is 1. The predicted molar refractivity (Wildman–Crippen MR) is 135 cm³/mol. The van der Waals surface area contributed by atoms with Gasteiger partial charge in [-0.2, -0.15) is 5.10 Å². The van der Waals surface area contributed by atoms with Gasteiger partial charge in [0.15, 0.2) is 23.2 Å². The monoisotopic (exact) mass is 503 g/mol. The van der Waals surface area contributed by atoms with Crippen LogP contribution in [-0.2, 0) is 4.79 Å². The van der Waals surface area contributed by atoms with Gasteiger partial charge in [0, 0.05) is 30.9 Å². The van der Waals surface area contributed by atoms with Crippen molar-refractivity contribution >= 4 is 22.6 Å². The van der Waals surface area contributed by atoms with Gasteiger partial charge < -0.3 is 19.9 Å². The average Bonchev–Trinajstić information content (AvgIpc) is 3.31. The molecule has 1 aliphatic rings. The topological polar surface area (TPSA) is 106 Å². The number of benzene rings is 2. The van der Waals surface area contributed by atoms with Crippen molar-refractivity contribution < 1.29 is 18.3 Å². The maximum Gasteiger partial charge on any atom is 0.298 e. The first kappa shape index (κ1) is 24.1. The van der Waals surface area contributed by atoms with Gasteiger partial charge in [0.2, 0.25) is 0 Å². The van der Waals surface area contributed by atoms with Crippen LogP contribution >= 0.6 is 0 Å². The maximum atomic E-state index is 14.0. The zero-order chi connectivity index (χ0) is 26.1. The number of anilines is 1. The van der Waals surface area contributed by atoms with Crippen LogP contribution in [0.4, 0.5) is 14.6 Å². The fraction of sp³-hybridized carbons (Fsp3) is 0.222. The molecule has 1 unspecified atom stereocenters. The molecule has 37 heavy (non-hydrogen) atoms. The zero-order valence-corrected chi connectivity index (χ0v) is 19.9. The highest BCUT2D eigenvalue weighted by molar-refractivity contribution is 5.94. The largest absolute Gasteiger partial charge is 0.451 e. The van der Waals surface area contributed by atoms with Crippen LogP contribution in [0.2, 0.25) is 0 Å². The maximum absolute atomic E-state index is 14.0. The quantitative estimate of drug-likeness (QED) is 0.408. The molecule has 2 aromatic heterocycles. The number of nitrogen functional groups attached to an aromatic ring is 1. The summed E-state index contributed by atoms with van der Waals surface area (Å²) in [5.74, 6) is 3.12. The molecule has 188 valence electrons. The SMILES string of the molecule is CC#CC(=O)N1CCCC(c2cn(-c3ccc(Oc4c(F)cccc4F)cc3)c3c(N)n[nH]c(=O)c23)C1. The van der Waals surface area contributed by atoms with Crippen LogP contribution in [0.25, 0.3) is 16.6 Å². The van der Waals surface area contributed by atoms with Gasteiger partial charge in [0.1, 0.15) is 11.3 Å². The first-order chi connectivity index (χ1) is 17.9. The van der Waals surface area contributed by atoms with Crippen LogP contribution in [-0.4, -0.2) is 38.7 Å². The van der Waals surface area contributed by atoms with E-state index in [2.05, 4.69) is 22.0 Å². The van der Waals surface area contributed by atoms with Gasteiger partial charge >= 0.3 is 0 Å². The lowest BCUT2D eigenvalue weighted by Crippen LogP contribution is -2.38. The highest BCUT2D eigenvalue weighted by Crippen LogP contribution is 2.35. The van der Waals surface area contributed by atoms with Crippen molar-refractivity contribution in [1.29, 1.82) is 0 Å². The van der Waals surface area contributed by atoms with E-state index in [9.17, 15) is 18.4 Å². The van der Waals surface area contributed by atoms with Gasteiger partial charge in [0.25, 0.3) is 11.5 Å². The van der Waals surface area contributed by atoms with Crippen molar-refractivity contribution in [2.45, 2.75) is 25.7 Å². The number of fused-ring (bicyclic) bond motifs is 1. The van der Waals surface area contributed by atoms with Crippen LogP contribution in [0.1, 0.15) is 31.2 Å². The first-order valence-electron chi connectivity index (χ1n) is 11.7. The van der Waals surface area contributed by atoms with Gasteiger partial charge in [-0.25, -0.2) is 13.9 Å². The molecule has 0 aliphatic carbocycles. The molecule has 0 spiro atoms. The van der Waals surface area contributed by atoms with Crippen molar-refractivity contribution in [3.05, 3.63) is 76.2 Å². The number of ether oxygens (including phenoxy) is 1. The van der Waals surface area contributed by atoms with Crippen molar-refractivity contribution in [3.63, 3.8) is 0 Å². The van der Waals surface area contributed by atoms with Crippen LogP contribution in [0.5, 0.6) is 11.5 Å². The lowest BCUT2D eigenvalue weighted by atomic mass is 9.90. The number of halogens is 2. The zero-order valence-electron chi connectivity index (χ0n) is 19.9. The summed E-state index contributed by atoms with van der Waals surface area (Å²) in [7, 11) is 0. The fourth-order valence-electron chi connectivity index (χ4n) is 4.72. The molecule has 1 saturated heterocycles. The fourth-order valence-corrected chi connectivity index (χ4v) is 4.72. The third-order valence-electron chi connectivity index (χ3n) is 6.42. The van der Waals surface area contributed by atoms with E-state index in [1.54, 1.807) is 40.7 Å². The van der Waals surface area contributed by atoms with Crippen LogP contribution in [0.3, 0.4) is 0 Å². The number of nitrogens with one attached hydrogen (secondary N) is 1. The number of nitrogens with two attached hydrogens (primary N) is 1. The van der Waals surface area contributed by atoms with Crippen molar-refractivity contribution in [2.75, 3.05) is 18.8 Å². The molecular weight excluding hydrogens is 480 g/mol.